The lowest BCUT2D eigenvalue weighted by atomic mass is 10.2. The Morgan fingerprint density at radius 3 is 2.31 bits per heavy atom. The van der Waals surface area contributed by atoms with Crippen LogP contribution in [0.15, 0.2) is 48.5 Å². The van der Waals surface area contributed by atoms with Gasteiger partial charge in [0, 0.05) is 25.2 Å². The zero-order valence-electron chi connectivity index (χ0n) is 14.0. The fourth-order valence-corrected chi connectivity index (χ4v) is 5.41. The van der Waals surface area contributed by atoms with E-state index >= 15 is 0 Å². The molecule has 1 aliphatic heterocycles. The third kappa shape index (κ3) is 3.80. The number of anilines is 2. The molecule has 10 heteroatoms. The second-order valence-corrected chi connectivity index (χ2v) is 9.94. The summed E-state index contributed by atoms with van der Waals surface area (Å²) in [5.41, 5.74) is 1.70. The minimum absolute atomic E-state index is 0.00351. The van der Waals surface area contributed by atoms with Crippen molar-refractivity contribution in [1.82, 2.24) is 4.72 Å². The molecule has 26 heavy (non-hydrogen) atoms. The van der Waals surface area contributed by atoms with Crippen LogP contribution < -0.4 is 13.3 Å². The fraction of sp³-hybridized carbons (Fsp3) is 0.250. The fourth-order valence-electron chi connectivity index (χ4n) is 2.73. The number of nitrogens with one attached hydrogen (secondary N) is 1. The summed E-state index contributed by atoms with van der Waals surface area (Å²) in [6.07, 6.45) is 0. The van der Waals surface area contributed by atoms with Crippen LogP contribution >= 0.6 is 11.6 Å². The van der Waals surface area contributed by atoms with Crippen LogP contribution in [0.5, 0.6) is 0 Å². The van der Waals surface area contributed by atoms with Crippen molar-refractivity contribution in [2.45, 2.75) is 5.75 Å². The Morgan fingerprint density at radius 1 is 1.04 bits per heavy atom. The van der Waals surface area contributed by atoms with Gasteiger partial charge in [0.05, 0.1) is 17.1 Å². The third-order valence-corrected chi connectivity index (χ3v) is 7.46. The number of nitrogens with zero attached hydrogens (tertiary/aromatic N) is 2. The molecule has 2 aromatic rings. The monoisotopic (exact) mass is 415 g/mol. The van der Waals surface area contributed by atoms with Crippen molar-refractivity contribution in [3.63, 3.8) is 0 Å². The van der Waals surface area contributed by atoms with Gasteiger partial charge in [-0.3, -0.25) is 4.31 Å². The molecule has 1 N–H and O–H groups in total. The van der Waals surface area contributed by atoms with Gasteiger partial charge in [0.25, 0.3) is 0 Å². The van der Waals surface area contributed by atoms with Crippen LogP contribution in [0.3, 0.4) is 0 Å². The summed E-state index contributed by atoms with van der Waals surface area (Å²) in [4.78, 5) is 0. The van der Waals surface area contributed by atoms with Crippen molar-refractivity contribution in [2.75, 3.05) is 28.7 Å². The number of benzene rings is 2. The van der Waals surface area contributed by atoms with Crippen LogP contribution in [0.2, 0.25) is 5.02 Å². The zero-order chi connectivity index (χ0) is 18.9. The SMILES string of the molecule is CN1c2ccccc2N(CCNS(=O)(=O)Cc2ccc(Cl)cc2)S1(=O)=O. The van der Waals surface area contributed by atoms with Crippen LogP contribution in [0.1, 0.15) is 5.56 Å². The largest absolute Gasteiger partial charge is 0.326 e. The second-order valence-electron chi connectivity index (χ2n) is 5.82. The molecule has 0 fully saturated rings. The van der Waals surface area contributed by atoms with Crippen molar-refractivity contribution in [3.8, 4) is 0 Å². The second kappa shape index (κ2) is 7.07. The maximum absolute atomic E-state index is 12.5. The lowest BCUT2D eigenvalue weighted by Crippen LogP contribution is -2.40. The van der Waals surface area contributed by atoms with Gasteiger partial charge in [-0.1, -0.05) is 35.9 Å². The molecule has 0 atom stereocenters. The number of fused-ring (bicyclic) bond motifs is 1. The molecule has 1 heterocycles. The van der Waals surface area contributed by atoms with E-state index in [-0.39, 0.29) is 18.8 Å². The van der Waals surface area contributed by atoms with E-state index in [1.54, 1.807) is 48.5 Å². The summed E-state index contributed by atoms with van der Waals surface area (Å²) >= 11 is 5.79. The quantitative estimate of drug-likeness (QED) is 0.781. The molecule has 7 nitrogen and oxygen atoms in total. The van der Waals surface area contributed by atoms with Gasteiger partial charge in [-0.2, -0.15) is 8.42 Å². The van der Waals surface area contributed by atoms with Crippen LogP contribution in [-0.2, 0) is 26.0 Å². The molecular weight excluding hydrogens is 398 g/mol. The highest BCUT2D eigenvalue weighted by Gasteiger charge is 2.37. The van der Waals surface area contributed by atoms with Crippen molar-refractivity contribution in [2.24, 2.45) is 0 Å². The van der Waals surface area contributed by atoms with E-state index in [1.165, 1.54) is 15.7 Å². The first-order valence-corrected chi connectivity index (χ1v) is 11.2. The normalized spacial score (nSPS) is 15.9. The number of halogens is 1. The summed E-state index contributed by atoms with van der Waals surface area (Å²) in [6.45, 7) is -0.0269. The van der Waals surface area contributed by atoms with Gasteiger partial charge in [-0.25, -0.2) is 17.4 Å². The first-order valence-electron chi connectivity index (χ1n) is 7.78. The average molecular weight is 416 g/mol. The van der Waals surface area contributed by atoms with Gasteiger partial charge < -0.3 is 0 Å². The maximum Gasteiger partial charge on any atom is 0.326 e. The van der Waals surface area contributed by atoms with Gasteiger partial charge in [0.1, 0.15) is 0 Å². The molecule has 140 valence electrons. The average Bonchev–Trinajstić information content (AvgIpc) is 2.78. The molecule has 0 unspecified atom stereocenters. The van der Waals surface area contributed by atoms with E-state index in [2.05, 4.69) is 4.72 Å². The number of sulfonamides is 1. The molecule has 0 amide bonds. The Morgan fingerprint density at radius 2 is 1.65 bits per heavy atom. The Kier molecular flexibility index (Phi) is 5.16. The first kappa shape index (κ1) is 19.0. The summed E-state index contributed by atoms with van der Waals surface area (Å²) in [7, 11) is -5.81. The molecule has 0 aromatic heterocycles. The number of rotatable bonds is 6. The smallest absolute Gasteiger partial charge is 0.254 e. The molecule has 0 saturated carbocycles. The Hall–Kier alpha value is -1.81. The molecule has 0 radical (unpaired) electrons. The van der Waals surface area contributed by atoms with Crippen LogP contribution in [0.25, 0.3) is 0 Å². The Labute approximate surface area is 158 Å². The van der Waals surface area contributed by atoms with E-state index in [4.69, 9.17) is 11.6 Å². The van der Waals surface area contributed by atoms with Crippen molar-refractivity contribution in [1.29, 1.82) is 0 Å². The van der Waals surface area contributed by atoms with Crippen molar-refractivity contribution < 1.29 is 16.8 Å². The minimum Gasteiger partial charge on any atom is -0.254 e. The maximum atomic E-state index is 12.5. The molecular formula is C16H18ClN3O4S2. The number of para-hydroxylation sites is 2. The molecule has 0 spiro atoms. The van der Waals surface area contributed by atoms with Gasteiger partial charge in [0.15, 0.2) is 0 Å². The molecule has 0 bridgehead atoms. The third-order valence-electron chi connectivity index (χ3n) is 4.02. The topological polar surface area (TPSA) is 86.8 Å². The number of hydrogen-bond donors (Lipinski definition) is 1. The van der Waals surface area contributed by atoms with E-state index in [0.717, 1.165) is 0 Å². The summed E-state index contributed by atoms with van der Waals surface area (Å²) in [5, 5.41) is 0.529. The lowest BCUT2D eigenvalue weighted by molar-refractivity contribution is 0.577. The van der Waals surface area contributed by atoms with E-state index in [0.29, 0.717) is 22.0 Å². The summed E-state index contributed by atoms with van der Waals surface area (Å²) in [5.74, 6) is -0.201. The highest BCUT2D eigenvalue weighted by atomic mass is 35.5. The standard InChI is InChI=1S/C16H18ClN3O4S2/c1-19-15-4-2-3-5-16(15)20(26(19,23)24)11-10-18-25(21,22)12-13-6-8-14(17)9-7-13/h2-9,18H,10-12H2,1H3. The van der Waals surface area contributed by atoms with Crippen molar-refractivity contribution >= 4 is 43.2 Å². The molecule has 2 aromatic carbocycles. The first-order chi connectivity index (χ1) is 12.2. The predicted octanol–water partition coefficient (Wildman–Crippen LogP) is 1.96. The summed E-state index contributed by atoms with van der Waals surface area (Å²) in [6, 6.07) is 13.4. The van der Waals surface area contributed by atoms with Gasteiger partial charge in [0.2, 0.25) is 10.0 Å². The Balaban J connectivity index is 1.66. The minimum atomic E-state index is -3.69. The van der Waals surface area contributed by atoms with E-state index in [1.807, 2.05) is 0 Å². The van der Waals surface area contributed by atoms with Gasteiger partial charge in [-0.05, 0) is 29.8 Å². The van der Waals surface area contributed by atoms with Gasteiger partial charge in [-0.15, -0.1) is 0 Å². The molecule has 0 aliphatic carbocycles. The van der Waals surface area contributed by atoms with Crippen LogP contribution in [0.4, 0.5) is 11.4 Å². The summed E-state index contributed by atoms with van der Waals surface area (Å²) < 4.78 is 54.2. The van der Waals surface area contributed by atoms with Crippen LogP contribution in [0, 0.1) is 0 Å². The molecule has 0 saturated heterocycles. The highest BCUT2D eigenvalue weighted by molar-refractivity contribution is 7.94. The lowest BCUT2D eigenvalue weighted by Gasteiger charge is -2.19. The molecule has 1 aliphatic rings. The predicted molar refractivity (Wildman–Crippen MR) is 103 cm³/mol. The zero-order valence-corrected chi connectivity index (χ0v) is 16.4. The van der Waals surface area contributed by atoms with E-state index < -0.39 is 20.2 Å². The van der Waals surface area contributed by atoms with Crippen molar-refractivity contribution in [3.05, 3.63) is 59.1 Å². The van der Waals surface area contributed by atoms with Crippen LogP contribution in [-0.4, -0.2) is 37.0 Å². The highest BCUT2D eigenvalue weighted by Crippen LogP contribution is 2.38. The Bertz CT molecular complexity index is 1010. The number of hydrogen-bond acceptors (Lipinski definition) is 4. The van der Waals surface area contributed by atoms with Gasteiger partial charge >= 0.3 is 10.2 Å². The molecule has 3 rings (SSSR count). The van der Waals surface area contributed by atoms with E-state index in [9.17, 15) is 16.8 Å².